The van der Waals surface area contributed by atoms with Crippen molar-refractivity contribution < 1.29 is 9.90 Å². The van der Waals surface area contributed by atoms with Gasteiger partial charge in [0.2, 0.25) is 0 Å². The molecule has 0 radical (unpaired) electrons. The van der Waals surface area contributed by atoms with Gasteiger partial charge in [0.1, 0.15) is 0 Å². The average Bonchev–Trinajstić information content (AvgIpc) is 2.84. The molecule has 6 heteroatoms. The summed E-state index contributed by atoms with van der Waals surface area (Å²) in [5, 5.41) is 15.8. The fourth-order valence-corrected chi connectivity index (χ4v) is 2.05. The summed E-state index contributed by atoms with van der Waals surface area (Å²) in [4.78, 5) is 11.8. The van der Waals surface area contributed by atoms with Crippen LogP contribution < -0.4 is 5.32 Å². The van der Waals surface area contributed by atoms with Crippen LogP contribution >= 0.6 is 15.9 Å². The number of halogens is 1. The van der Waals surface area contributed by atoms with Crippen LogP contribution in [-0.4, -0.2) is 33.4 Å². The van der Waals surface area contributed by atoms with Gasteiger partial charge in [0.25, 0.3) is 5.91 Å². The predicted molar refractivity (Wildman–Crippen MR) is 79.5 cm³/mol. The first-order valence-electron chi connectivity index (χ1n) is 6.27. The van der Waals surface area contributed by atoms with Crippen LogP contribution in [0.25, 0.3) is 0 Å². The Morgan fingerprint density at radius 3 is 2.70 bits per heavy atom. The molecule has 1 heterocycles. The highest BCUT2D eigenvalue weighted by atomic mass is 79.9. The maximum Gasteiger partial charge on any atom is 0.251 e. The van der Waals surface area contributed by atoms with Crippen LogP contribution in [0, 0.1) is 0 Å². The van der Waals surface area contributed by atoms with Gasteiger partial charge in [-0.25, -0.2) is 0 Å². The number of carbonyl (C=O) groups excluding carboxylic acids is 1. The Labute approximate surface area is 125 Å². The van der Waals surface area contributed by atoms with E-state index in [-0.39, 0.29) is 18.6 Å². The zero-order valence-electron chi connectivity index (χ0n) is 11.1. The van der Waals surface area contributed by atoms with Gasteiger partial charge in [0, 0.05) is 17.8 Å². The second-order valence-electron chi connectivity index (χ2n) is 4.61. The number of rotatable bonds is 5. The highest BCUT2D eigenvalue weighted by molar-refractivity contribution is 9.10. The zero-order valence-corrected chi connectivity index (χ0v) is 12.7. The Hall–Kier alpha value is -1.66. The third-order valence-electron chi connectivity index (χ3n) is 2.81. The average molecular weight is 338 g/mol. The van der Waals surface area contributed by atoms with Crippen molar-refractivity contribution in [3.8, 4) is 0 Å². The summed E-state index contributed by atoms with van der Waals surface area (Å²) in [5.41, 5.74) is 1.64. The molecule has 1 atom stereocenters. The summed E-state index contributed by atoms with van der Waals surface area (Å²) in [6, 6.07) is 7.09. The molecule has 0 spiro atoms. The van der Waals surface area contributed by atoms with Crippen molar-refractivity contribution in [3.05, 3.63) is 52.3 Å². The van der Waals surface area contributed by atoms with Crippen LogP contribution in [0.2, 0.25) is 0 Å². The lowest BCUT2D eigenvalue weighted by atomic mass is 10.1. The van der Waals surface area contributed by atoms with Crippen LogP contribution in [0.1, 0.15) is 22.8 Å². The Bertz CT molecular complexity index is 580. The number of aliphatic hydroxyl groups excluding tert-OH is 1. The van der Waals surface area contributed by atoms with E-state index in [0.29, 0.717) is 12.1 Å². The van der Waals surface area contributed by atoms with E-state index in [2.05, 4.69) is 26.3 Å². The van der Waals surface area contributed by atoms with Crippen LogP contribution in [0.5, 0.6) is 0 Å². The molecule has 0 saturated heterocycles. The van der Waals surface area contributed by atoms with Gasteiger partial charge in [0.15, 0.2) is 0 Å². The lowest BCUT2D eigenvalue weighted by molar-refractivity contribution is 0.0922. The van der Waals surface area contributed by atoms with Gasteiger partial charge in [-0.05, 0) is 40.5 Å². The molecule has 1 aromatic carbocycles. The summed E-state index contributed by atoms with van der Waals surface area (Å²) in [7, 11) is 0. The van der Waals surface area contributed by atoms with Crippen molar-refractivity contribution in [1.29, 1.82) is 0 Å². The van der Waals surface area contributed by atoms with E-state index in [9.17, 15) is 4.79 Å². The van der Waals surface area contributed by atoms with Gasteiger partial charge in [-0.15, -0.1) is 0 Å². The molecule has 0 bridgehead atoms. The van der Waals surface area contributed by atoms with Crippen molar-refractivity contribution in [3.63, 3.8) is 0 Å². The number of hydrogen-bond acceptors (Lipinski definition) is 3. The lowest BCUT2D eigenvalue weighted by Crippen LogP contribution is -2.34. The Morgan fingerprint density at radius 2 is 2.15 bits per heavy atom. The number of nitrogens with one attached hydrogen (secondary N) is 1. The quantitative estimate of drug-likeness (QED) is 0.874. The van der Waals surface area contributed by atoms with Gasteiger partial charge >= 0.3 is 0 Å². The number of nitrogens with zero attached hydrogens (tertiary/aromatic N) is 2. The molecule has 0 saturated carbocycles. The molecule has 5 nitrogen and oxygen atoms in total. The third-order valence-corrected chi connectivity index (χ3v) is 3.22. The van der Waals surface area contributed by atoms with E-state index >= 15 is 0 Å². The molecule has 0 unspecified atom stereocenters. The second-order valence-corrected chi connectivity index (χ2v) is 5.53. The fraction of sp³-hybridized carbons (Fsp3) is 0.286. The van der Waals surface area contributed by atoms with Crippen molar-refractivity contribution >= 4 is 21.8 Å². The summed E-state index contributed by atoms with van der Waals surface area (Å²) in [5.74, 6) is -0.181. The maximum absolute atomic E-state index is 11.8. The minimum atomic E-state index is -0.247. The minimum absolute atomic E-state index is 0.0714. The molecule has 1 aromatic heterocycles. The molecule has 0 aliphatic rings. The SMILES string of the molecule is C[C@@H](CO)NC(=O)c1ccc(Cn2cc(Br)cn2)cc1. The third kappa shape index (κ3) is 3.91. The van der Waals surface area contributed by atoms with Crippen LogP contribution in [-0.2, 0) is 6.54 Å². The molecular formula is C14H16BrN3O2. The number of aromatic nitrogens is 2. The summed E-state index contributed by atoms with van der Waals surface area (Å²) < 4.78 is 2.75. The molecule has 0 aliphatic carbocycles. The number of benzene rings is 1. The van der Waals surface area contributed by atoms with Gasteiger partial charge < -0.3 is 10.4 Å². The highest BCUT2D eigenvalue weighted by Crippen LogP contribution is 2.10. The first-order chi connectivity index (χ1) is 9.58. The molecule has 0 fully saturated rings. The van der Waals surface area contributed by atoms with Gasteiger partial charge in [-0.3, -0.25) is 9.48 Å². The zero-order chi connectivity index (χ0) is 14.5. The second kappa shape index (κ2) is 6.67. The molecule has 20 heavy (non-hydrogen) atoms. The highest BCUT2D eigenvalue weighted by Gasteiger charge is 2.08. The van der Waals surface area contributed by atoms with E-state index in [1.165, 1.54) is 0 Å². The summed E-state index contributed by atoms with van der Waals surface area (Å²) in [6.07, 6.45) is 3.63. The first-order valence-corrected chi connectivity index (χ1v) is 7.06. The molecule has 2 N–H and O–H groups in total. The molecule has 2 aromatic rings. The number of amides is 1. The Kier molecular flexibility index (Phi) is 4.92. The van der Waals surface area contributed by atoms with E-state index < -0.39 is 0 Å². The van der Waals surface area contributed by atoms with Crippen LogP contribution in [0.3, 0.4) is 0 Å². The standard InChI is InChI=1S/C14H16BrN3O2/c1-10(9-19)17-14(20)12-4-2-11(3-5-12)7-18-8-13(15)6-16-18/h2-6,8,10,19H,7,9H2,1H3,(H,17,20)/t10-/m0/s1. The Balaban J connectivity index is 2.00. The summed E-state index contributed by atoms with van der Waals surface area (Å²) >= 11 is 3.35. The number of hydrogen-bond donors (Lipinski definition) is 2. The summed E-state index contributed by atoms with van der Waals surface area (Å²) in [6.45, 7) is 2.33. The fourth-order valence-electron chi connectivity index (χ4n) is 1.73. The number of carbonyl (C=O) groups is 1. The van der Waals surface area contributed by atoms with E-state index in [1.54, 1.807) is 25.3 Å². The van der Waals surface area contributed by atoms with E-state index in [4.69, 9.17) is 5.11 Å². The van der Waals surface area contributed by atoms with Crippen molar-refractivity contribution in [2.24, 2.45) is 0 Å². The molecule has 1 amide bonds. The molecule has 2 rings (SSSR count). The van der Waals surface area contributed by atoms with Crippen molar-refractivity contribution in [1.82, 2.24) is 15.1 Å². The van der Waals surface area contributed by atoms with Crippen LogP contribution in [0.15, 0.2) is 41.1 Å². The van der Waals surface area contributed by atoms with Crippen molar-refractivity contribution in [2.75, 3.05) is 6.61 Å². The maximum atomic E-state index is 11.8. The van der Waals surface area contributed by atoms with E-state index in [0.717, 1.165) is 10.0 Å². The minimum Gasteiger partial charge on any atom is -0.394 e. The monoisotopic (exact) mass is 337 g/mol. The first kappa shape index (κ1) is 14.7. The molecule has 0 aliphatic heterocycles. The van der Waals surface area contributed by atoms with Gasteiger partial charge in [-0.2, -0.15) is 5.10 Å². The Morgan fingerprint density at radius 1 is 1.45 bits per heavy atom. The predicted octanol–water partition coefficient (Wildman–Crippen LogP) is 1.80. The lowest BCUT2D eigenvalue weighted by Gasteiger charge is -2.11. The molecule has 106 valence electrons. The van der Waals surface area contributed by atoms with E-state index in [1.807, 2.05) is 23.0 Å². The topological polar surface area (TPSA) is 67.2 Å². The van der Waals surface area contributed by atoms with Crippen LogP contribution in [0.4, 0.5) is 0 Å². The number of aliphatic hydroxyl groups is 1. The largest absolute Gasteiger partial charge is 0.394 e. The normalized spacial score (nSPS) is 12.2. The van der Waals surface area contributed by atoms with Crippen molar-refractivity contribution in [2.45, 2.75) is 19.5 Å². The van der Waals surface area contributed by atoms with Gasteiger partial charge in [0.05, 0.1) is 23.8 Å². The molecular weight excluding hydrogens is 322 g/mol. The smallest absolute Gasteiger partial charge is 0.251 e. The van der Waals surface area contributed by atoms with Gasteiger partial charge in [-0.1, -0.05) is 12.1 Å².